The normalized spacial score (nSPS) is 26.9. The first kappa shape index (κ1) is 12.1. The lowest BCUT2D eigenvalue weighted by molar-refractivity contribution is 0.327. The SMILES string of the molecule is CCC1CCCC(Nc2ccc3c(c2)CCC3)C1. The Bertz CT molecular complexity index is 410. The molecule has 0 saturated heterocycles. The number of aryl methyl sites for hydroxylation is 2. The third kappa shape index (κ3) is 2.55. The van der Waals surface area contributed by atoms with Gasteiger partial charge in [0.2, 0.25) is 0 Å². The Balaban J connectivity index is 1.65. The highest BCUT2D eigenvalue weighted by Gasteiger charge is 2.21. The molecule has 0 spiro atoms. The molecular formula is C17H25N. The van der Waals surface area contributed by atoms with Crippen LogP contribution in [0.1, 0.15) is 56.6 Å². The fraction of sp³-hybridized carbons (Fsp3) is 0.647. The van der Waals surface area contributed by atoms with Crippen LogP contribution in [-0.2, 0) is 12.8 Å². The fourth-order valence-electron chi connectivity index (χ4n) is 3.69. The minimum absolute atomic E-state index is 0.711. The van der Waals surface area contributed by atoms with Gasteiger partial charge in [-0.15, -0.1) is 0 Å². The van der Waals surface area contributed by atoms with Crippen molar-refractivity contribution in [3.8, 4) is 0 Å². The van der Waals surface area contributed by atoms with Gasteiger partial charge < -0.3 is 5.32 Å². The second kappa shape index (κ2) is 5.34. The average molecular weight is 243 g/mol. The zero-order chi connectivity index (χ0) is 12.4. The van der Waals surface area contributed by atoms with Crippen LogP contribution in [-0.4, -0.2) is 6.04 Å². The summed E-state index contributed by atoms with van der Waals surface area (Å²) in [5.41, 5.74) is 4.52. The van der Waals surface area contributed by atoms with Gasteiger partial charge in [-0.05, 0) is 61.3 Å². The average Bonchev–Trinajstić information content (AvgIpc) is 2.86. The van der Waals surface area contributed by atoms with Crippen molar-refractivity contribution in [1.29, 1.82) is 0 Å². The monoisotopic (exact) mass is 243 g/mol. The van der Waals surface area contributed by atoms with Gasteiger partial charge in [0.15, 0.2) is 0 Å². The molecule has 2 aliphatic rings. The summed E-state index contributed by atoms with van der Waals surface area (Å²) < 4.78 is 0. The first-order valence-corrected chi connectivity index (χ1v) is 7.73. The lowest BCUT2D eigenvalue weighted by atomic mass is 9.84. The molecule has 0 amide bonds. The molecule has 1 saturated carbocycles. The largest absolute Gasteiger partial charge is 0.382 e. The predicted molar refractivity (Wildman–Crippen MR) is 78.1 cm³/mol. The van der Waals surface area contributed by atoms with E-state index in [1.807, 2.05) is 0 Å². The summed E-state index contributed by atoms with van der Waals surface area (Å²) in [6.45, 7) is 2.34. The summed E-state index contributed by atoms with van der Waals surface area (Å²) in [6, 6.07) is 7.74. The molecule has 0 bridgehead atoms. The Morgan fingerprint density at radius 2 is 2.00 bits per heavy atom. The predicted octanol–water partition coefficient (Wildman–Crippen LogP) is 4.56. The van der Waals surface area contributed by atoms with Crippen molar-refractivity contribution >= 4 is 5.69 Å². The molecule has 18 heavy (non-hydrogen) atoms. The number of fused-ring (bicyclic) bond motifs is 1. The maximum atomic E-state index is 3.77. The topological polar surface area (TPSA) is 12.0 Å². The summed E-state index contributed by atoms with van der Waals surface area (Å²) in [5.74, 6) is 0.950. The Morgan fingerprint density at radius 1 is 1.11 bits per heavy atom. The summed E-state index contributed by atoms with van der Waals surface area (Å²) in [4.78, 5) is 0. The Hall–Kier alpha value is -0.980. The van der Waals surface area contributed by atoms with Gasteiger partial charge in [-0.3, -0.25) is 0 Å². The van der Waals surface area contributed by atoms with Crippen LogP contribution in [0.5, 0.6) is 0 Å². The maximum Gasteiger partial charge on any atom is 0.0345 e. The molecule has 1 aromatic rings. The van der Waals surface area contributed by atoms with Crippen molar-refractivity contribution in [2.45, 2.75) is 64.3 Å². The second-order valence-corrected chi connectivity index (χ2v) is 6.12. The number of hydrogen-bond donors (Lipinski definition) is 1. The molecule has 1 fully saturated rings. The number of hydrogen-bond acceptors (Lipinski definition) is 1. The van der Waals surface area contributed by atoms with Crippen LogP contribution in [0.3, 0.4) is 0 Å². The molecule has 2 unspecified atom stereocenters. The van der Waals surface area contributed by atoms with E-state index in [1.165, 1.54) is 57.1 Å². The van der Waals surface area contributed by atoms with Crippen molar-refractivity contribution in [3.63, 3.8) is 0 Å². The zero-order valence-corrected chi connectivity index (χ0v) is 11.5. The molecule has 0 aromatic heterocycles. The molecule has 1 aromatic carbocycles. The highest BCUT2D eigenvalue weighted by atomic mass is 14.9. The van der Waals surface area contributed by atoms with Crippen LogP contribution in [0.25, 0.3) is 0 Å². The second-order valence-electron chi connectivity index (χ2n) is 6.12. The first-order valence-electron chi connectivity index (χ1n) is 7.73. The molecular weight excluding hydrogens is 218 g/mol. The maximum absolute atomic E-state index is 3.77. The number of rotatable bonds is 3. The summed E-state index contributed by atoms with van der Waals surface area (Å²) in [6.07, 6.45) is 10.8. The van der Waals surface area contributed by atoms with Gasteiger partial charge in [0, 0.05) is 11.7 Å². The highest BCUT2D eigenvalue weighted by Crippen LogP contribution is 2.30. The van der Waals surface area contributed by atoms with E-state index in [9.17, 15) is 0 Å². The number of nitrogens with one attached hydrogen (secondary N) is 1. The van der Waals surface area contributed by atoms with E-state index < -0.39 is 0 Å². The van der Waals surface area contributed by atoms with Crippen molar-refractivity contribution in [3.05, 3.63) is 29.3 Å². The third-order valence-corrected chi connectivity index (χ3v) is 4.83. The van der Waals surface area contributed by atoms with Gasteiger partial charge in [-0.2, -0.15) is 0 Å². The van der Waals surface area contributed by atoms with E-state index in [0.717, 1.165) is 5.92 Å². The van der Waals surface area contributed by atoms with Crippen molar-refractivity contribution < 1.29 is 0 Å². The van der Waals surface area contributed by atoms with Crippen LogP contribution < -0.4 is 5.32 Å². The van der Waals surface area contributed by atoms with Crippen LogP contribution >= 0.6 is 0 Å². The Labute approximate surface area is 111 Å². The third-order valence-electron chi connectivity index (χ3n) is 4.83. The Kier molecular flexibility index (Phi) is 3.58. The molecule has 2 atom stereocenters. The number of benzene rings is 1. The molecule has 0 aliphatic heterocycles. The lowest BCUT2D eigenvalue weighted by Crippen LogP contribution is -2.27. The summed E-state index contributed by atoms with van der Waals surface area (Å²) in [7, 11) is 0. The van der Waals surface area contributed by atoms with Crippen LogP contribution in [0, 0.1) is 5.92 Å². The van der Waals surface area contributed by atoms with E-state index >= 15 is 0 Å². The van der Waals surface area contributed by atoms with E-state index in [1.54, 1.807) is 11.1 Å². The van der Waals surface area contributed by atoms with Crippen LogP contribution in [0.2, 0.25) is 0 Å². The summed E-state index contributed by atoms with van der Waals surface area (Å²) in [5, 5.41) is 3.77. The lowest BCUT2D eigenvalue weighted by Gasteiger charge is -2.30. The van der Waals surface area contributed by atoms with Crippen molar-refractivity contribution in [2.75, 3.05) is 5.32 Å². The smallest absolute Gasteiger partial charge is 0.0345 e. The number of anilines is 1. The van der Waals surface area contributed by atoms with Gasteiger partial charge in [0.1, 0.15) is 0 Å². The van der Waals surface area contributed by atoms with E-state index in [2.05, 4.69) is 30.4 Å². The van der Waals surface area contributed by atoms with Gasteiger partial charge in [0.05, 0.1) is 0 Å². The molecule has 1 nitrogen and oxygen atoms in total. The van der Waals surface area contributed by atoms with Gasteiger partial charge in [-0.1, -0.05) is 32.3 Å². The van der Waals surface area contributed by atoms with Crippen LogP contribution in [0.15, 0.2) is 18.2 Å². The molecule has 3 rings (SSSR count). The standard InChI is InChI=1S/C17H25N/c1-2-13-5-3-8-16(11-13)18-17-10-9-14-6-4-7-15(14)12-17/h9-10,12-13,16,18H,2-8,11H2,1H3. The fourth-order valence-corrected chi connectivity index (χ4v) is 3.69. The van der Waals surface area contributed by atoms with Gasteiger partial charge in [-0.25, -0.2) is 0 Å². The van der Waals surface area contributed by atoms with Crippen LogP contribution in [0.4, 0.5) is 5.69 Å². The minimum atomic E-state index is 0.711. The van der Waals surface area contributed by atoms with Gasteiger partial charge >= 0.3 is 0 Å². The molecule has 1 N–H and O–H groups in total. The molecule has 2 aliphatic carbocycles. The van der Waals surface area contributed by atoms with Gasteiger partial charge in [0.25, 0.3) is 0 Å². The van der Waals surface area contributed by atoms with Crippen molar-refractivity contribution in [2.24, 2.45) is 5.92 Å². The van der Waals surface area contributed by atoms with E-state index in [4.69, 9.17) is 0 Å². The molecule has 0 radical (unpaired) electrons. The molecule has 1 heteroatoms. The highest BCUT2D eigenvalue weighted by molar-refractivity contribution is 5.50. The minimum Gasteiger partial charge on any atom is -0.382 e. The van der Waals surface area contributed by atoms with E-state index in [-0.39, 0.29) is 0 Å². The molecule has 98 valence electrons. The summed E-state index contributed by atoms with van der Waals surface area (Å²) >= 11 is 0. The van der Waals surface area contributed by atoms with E-state index in [0.29, 0.717) is 6.04 Å². The first-order chi connectivity index (χ1) is 8.85. The quantitative estimate of drug-likeness (QED) is 0.821. The van der Waals surface area contributed by atoms with Crippen molar-refractivity contribution in [1.82, 2.24) is 0 Å². The Morgan fingerprint density at radius 3 is 2.89 bits per heavy atom. The zero-order valence-electron chi connectivity index (χ0n) is 11.5. The molecule has 0 heterocycles.